The summed E-state index contributed by atoms with van der Waals surface area (Å²) in [6, 6.07) is -0.540. The lowest BCUT2D eigenvalue weighted by Gasteiger charge is -2.19. The number of halogens is 2. The summed E-state index contributed by atoms with van der Waals surface area (Å²) >= 11 is 0. The van der Waals surface area contributed by atoms with Crippen LogP contribution in [0.4, 0.5) is 19.4 Å². The minimum atomic E-state index is -0.887. The molecule has 1 saturated heterocycles. The van der Waals surface area contributed by atoms with E-state index in [-0.39, 0.29) is 18.0 Å². The number of allylic oxidation sites excluding steroid dienone is 4. The van der Waals surface area contributed by atoms with E-state index in [0.717, 1.165) is 30.8 Å². The number of nitrogens with zero attached hydrogens (tertiary/aromatic N) is 5. The predicted octanol–water partition coefficient (Wildman–Crippen LogP) is 3.68. The van der Waals surface area contributed by atoms with E-state index in [1.165, 1.54) is 0 Å². The van der Waals surface area contributed by atoms with Gasteiger partial charge in [-0.1, -0.05) is 6.08 Å². The fourth-order valence-electron chi connectivity index (χ4n) is 4.10. The smallest absolute Gasteiger partial charge is 0.320 e. The number of aromatic nitrogens is 4. The third kappa shape index (κ3) is 6.92. The number of anilines is 1. The highest BCUT2D eigenvalue weighted by Crippen LogP contribution is 2.26. The van der Waals surface area contributed by atoms with Gasteiger partial charge in [0, 0.05) is 51.6 Å². The number of methoxy groups -OCH3 is 1. The Hall–Kier alpha value is -3.18. The van der Waals surface area contributed by atoms with Crippen molar-refractivity contribution in [1.82, 2.24) is 30.0 Å². The molecule has 0 aromatic carbocycles. The number of urea groups is 1. The summed E-state index contributed by atoms with van der Waals surface area (Å²) in [5.41, 5.74) is 2.85. The Kier molecular flexibility index (Phi) is 9.05. The quantitative estimate of drug-likeness (QED) is 0.522. The highest BCUT2D eigenvalue weighted by molar-refractivity contribution is 5.90. The first-order valence-electron chi connectivity index (χ1n) is 11.5. The molecule has 11 heteroatoms. The molecule has 190 valence electrons. The van der Waals surface area contributed by atoms with Crippen LogP contribution in [0, 0.1) is 19.8 Å². The first-order valence-corrected chi connectivity index (χ1v) is 11.5. The second-order valence-corrected chi connectivity index (χ2v) is 8.73. The zero-order chi connectivity index (χ0) is 25.5. The molecule has 0 bridgehead atoms. The van der Waals surface area contributed by atoms with Gasteiger partial charge in [0.15, 0.2) is 5.83 Å². The number of hydrogen-bond donors (Lipinski definition) is 2. The van der Waals surface area contributed by atoms with Crippen molar-refractivity contribution in [2.75, 3.05) is 38.7 Å². The second-order valence-electron chi connectivity index (χ2n) is 8.73. The van der Waals surface area contributed by atoms with Gasteiger partial charge >= 0.3 is 6.03 Å². The Bertz CT molecular complexity index is 1080. The highest BCUT2D eigenvalue weighted by Gasteiger charge is 2.33. The standard InChI is InChI=1S/C24H33F2N7O2/c1-15-11-28-20(12-27-15)22-16(2)23(32(4)31-22)30-24(34)29-21-14-33(9-10-35-5)13-18(21)7-6-8-19(26)17(3)25/h6,8,11-12,18,21H,7,9-10,13-14H2,1-5H3,(H2,29,30,34). The molecular formula is C24H33F2N7O2. The average Bonchev–Trinajstić information content (AvgIpc) is 3.32. The van der Waals surface area contributed by atoms with E-state index in [9.17, 15) is 13.6 Å². The number of ether oxygens (including phenoxy) is 1. The molecule has 2 N–H and O–H groups in total. The summed E-state index contributed by atoms with van der Waals surface area (Å²) in [4.78, 5) is 23.8. The summed E-state index contributed by atoms with van der Waals surface area (Å²) in [7, 11) is 3.39. The van der Waals surface area contributed by atoms with E-state index in [4.69, 9.17) is 4.74 Å². The number of carbonyl (C=O) groups excluding carboxylic acids is 1. The van der Waals surface area contributed by atoms with E-state index in [1.54, 1.807) is 37.3 Å². The largest absolute Gasteiger partial charge is 0.383 e. The summed E-state index contributed by atoms with van der Waals surface area (Å²) < 4.78 is 33.3. The molecule has 3 heterocycles. The number of rotatable bonds is 9. The molecule has 1 fully saturated rings. The van der Waals surface area contributed by atoms with Gasteiger partial charge in [-0.25, -0.2) is 13.6 Å². The Morgan fingerprint density at radius 2 is 2.03 bits per heavy atom. The first kappa shape index (κ1) is 26.4. The average molecular weight is 490 g/mol. The molecule has 0 aliphatic carbocycles. The maximum absolute atomic E-state index is 13.5. The van der Waals surface area contributed by atoms with E-state index >= 15 is 0 Å². The third-order valence-corrected chi connectivity index (χ3v) is 6.02. The third-order valence-electron chi connectivity index (χ3n) is 6.02. The van der Waals surface area contributed by atoms with Crippen molar-refractivity contribution in [3.63, 3.8) is 0 Å². The van der Waals surface area contributed by atoms with Crippen LogP contribution in [0.1, 0.15) is 24.6 Å². The Labute approximate surface area is 204 Å². The SMILES string of the molecule is COCCN1CC(CC=CC(F)=C(C)F)C(NC(=O)Nc2c(C)c(-c3cnc(C)cn3)nn2C)C1. The second kappa shape index (κ2) is 12.0. The van der Waals surface area contributed by atoms with E-state index in [1.807, 2.05) is 13.8 Å². The first-order chi connectivity index (χ1) is 16.7. The minimum Gasteiger partial charge on any atom is -0.383 e. The lowest BCUT2D eigenvalue weighted by molar-refractivity contribution is 0.158. The van der Waals surface area contributed by atoms with Crippen molar-refractivity contribution in [3.05, 3.63) is 47.5 Å². The van der Waals surface area contributed by atoms with Crippen molar-refractivity contribution < 1.29 is 18.3 Å². The van der Waals surface area contributed by atoms with Gasteiger partial charge in [-0.05, 0) is 39.2 Å². The van der Waals surface area contributed by atoms with Crippen molar-refractivity contribution in [2.24, 2.45) is 13.0 Å². The van der Waals surface area contributed by atoms with Crippen LogP contribution in [0.25, 0.3) is 11.4 Å². The van der Waals surface area contributed by atoms with Gasteiger partial charge in [-0.2, -0.15) is 5.10 Å². The fourth-order valence-corrected chi connectivity index (χ4v) is 4.10. The zero-order valence-electron chi connectivity index (χ0n) is 20.8. The normalized spacial score (nSPS) is 19.3. The van der Waals surface area contributed by atoms with Crippen LogP contribution in [0.15, 0.2) is 36.2 Å². The van der Waals surface area contributed by atoms with Crippen molar-refractivity contribution in [2.45, 2.75) is 33.2 Å². The Morgan fingerprint density at radius 3 is 2.69 bits per heavy atom. The van der Waals surface area contributed by atoms with E-state index in [0.29, 0.717) is 43.3 Å². The molecule has 3 rings (SSSR count). The molecule has 0 radical (unpaired) electrons. The molecule has 2 aromatic heterocycles. The molecule has 2 aromatic rings. The Morgan fingerprint density at radius 1 is 1.26 bits per heavy atom. The predicted molar refractivity (Wildman–Crippen MR) is 130 cm³/mol. The van der Waals surface area contributed by atoms with Crippen LogP contribution in [-0.4, -0.2) is 70.1 Å². The topological polar surface area (TPSA) is 97.2 Å². The van der Waals surface area contributed by atoms with Crippen molar-refractivity contribution in [1.29, 1.82) is 0 Å². The van der Waals surface area contributed by atoms with Gasteiger partial charge in [0.05, 0.1) is 18.5 Å². The molecular weight excluding hydrogens is 456 g/mol. The lowest BCUT2D eigenvalue weighted by atomic mass is 9.99. The zero-order valence-corrected chi connectivity index (χ0v) is 20.8. The fraction of sp³-hybridized carbons (Fsp3) is 0.500. The number of amides is 2. The number of nitrogens with one attached hydrogen (secondary N) is 2. The van der Waals surface area contributed by atoms with Gasteiger partial charge in [0.2, 0.25) is 0 Å². The molecule has 1 aliphatic rings. The van der Waals surface area contributed by atoms with E-state index < -0.39 is 11.7 Å². The summed E-state index contributed by atoms with van der Waals surface area (Å²) in [5.74, 6) is -1.16. The number of aryl methyl sites for hydroxylation is 2. The van der Waals surface area contributed by atoms with Gasteiger partial charge in [-0.3, -0.25) is 24.9 Å². The molecule has 9 nitrogen and oxygen atoms in total. The maximum atomic E-state index is 13.5. The van der Waals surface area contributed by atoms with Crippen LogP contribution < -0.4 is 10.6 Å². The number of carbonyl (C=O) groups is 1. The van der Waals surface area contributed by atoms with E-state index in [2.05, 4.69) is 30.6 Å². The minimum absolute atomic E-state index is 0.0348. The molecule has 1 aliphatic heterocycles. The molecule has 35 heavy (non-hydrogen) atoms. The maximum Gasteiger partial charge on any atom is 0.320 e. The molecule has 0 saturated carbocycles. The monoisotopic (exact) mass is 489 g/mol. The number of likely N-dealkylation sites (tertiary alicyclic amines) is 1. The van der Waals surface area contributed by atoms with Crippen LogP contribution in [0.2, 0.25) is 0 Å². The summed E-state index contributed by atoms with van der Waals surface area (Å²) in [6.07, 6.45) is 6.57. The molecule has 2 unspecified atom stereocenters. The van der Waals surface area contributed by atoms with Crippen molar-refractivity contribution in [3.8, 4) is 11.4 Å². The van der Waals surface area contributed by atoms with Crippen LogP contribution in [0.3, 0.4) is 0 Å². The van der Waals surface area contributed by atoms with Gasteiger partial charge in [0.1, 0.15) is 23.0 Å². The molecule has 2 atom stereocenters. The molecule has 2 amide bonds. The summed E-state index contributed by atoms with van der Waals surface area (Å²) in [5, 5.41) is 10.4. The van der Waals surface area contributed by atoms with Crippen LogP contribution in [-0.2, 0) is 11.8 Å². The Balaban J connectivity index is 1.69. The van der Waals surface area contributed by atoms with Crippen molar-refractivity contribution >= 4 is 11.8 Å². The lowest BCUT2D eigenvalue weighted by Crippen LogP contribution is -2.43. The highest BCUT2D eigenvalue weighted by atomic mass is 19.2. The number of hydrogen-bond acceptors (Lipinski definition) is 6. The van der Waals surface area contributed by atoms with Gasteiger partial charge < -0.3 is 10.1 Å². The molecule has 0 spiro atoms. The van der Waals surface area contributed by atoms with Gasteiger partial charge in [-0.15, -0.1) is 0 Å². The van der Waals surface area contributed by atoms with Crippen LogP contribution in [0.5, 0.6) is 0 Å². The van der Waals surface area contributed by atoms with Crippen LogP contribution >= 0.6 is 0 Å². The van der Waals surface area contributed by atoms with Gasteiger partial charge in [0.25, 0.3) is 0 Å². The summed E-state index contributed by atoms with van der Waals surface area (Å²) in [6.45, 7) is 7.42.